The smallest absolute Gasteiger partial charge is 0.241 e. The fourth-order valence-corrected chi connectivity index (χ4v) is 4.16. The minimum Gasteiger partial charge on any atom is -0.340 e. The highest BCUT2D eigenvalue weighted by molar-refractivity contribution is 5.96. The number of rotatable bonds is 7. The highest BCUT2D eigenvalue weighted by Crippen LogP contribution is 2.37. The van der Waals surface area contributed by atoms with Gasteiger partial charge in [-0.15, -0.1) is 12.3 Å². The van der Waals surface area contributed by atoms with Crippen LogP contribution in [0.1, 0.15) is 31.2 Å². The van der Waals surface area contributed by atoms with Crippen molar-refractivity contribution in [1.29, 1.82) is 0 Å². The van der Waals surface area contributed by atoms with Crippen LogP contribution in [0.5, 0.6) is 0 Å². The molecular weight excluding hydrogens is 366 g/mol. The number of terminal acetylenes is 1. The summed E-state index contributed by atoms with van der Waals surface area (Å²) in [5.74, 6) is 2.89. The minimum absolute atomic E-state index is 0.141. The second-order valence-corrected chi connectivity index (χ2v) is 7.97. The molecule has 152 valence electrons. The molecule has 3 heterocycles. The Morgan fingerprint density at radius 3 is 2.52 bits per heavy atom. The van der Waals surface area contributed by atoms with E-state index in [9.17, 15) is 9.59 Å². The number of carbonyl (C=O) groups excluding carboxylic acids is 2. The summed E-state index contributed by atoms with van der Waals surface area (Å²) >= 11 is 0. The first-order valence-electron chi connectivity index (χ1n) is 10.4. The number of hydrogen-bond donors (Lipinski definition) is 0. The molecule has 7 nitrogen and oxygen atoms in total. The molecule has 2 amide bonds. The van der Waals surface area contributed by atoms with Gasteiger partial charge in [0.25, 0.3) is 0 Å². The first-order valence-corrected chi connectivity index (χ1v) is 10.4. The van der Waals surface area contributed by atoms with Crippen molar-refractivity contribution in [2.45, 2.75) is 37.8 Å². The number of amides is 2. The Labute approximate surface area is 171 Å². The normalized spacial score (nSPS) is 19.7. The third kappa shape index (κ3) is 4.48. The van der Waals surface area contributed by atoms with Crippen LogP contribution in [-0.2, 0) is 16.0 Å². The Hall–Kier alpha value is -2.72. The molecular formula is C22H27N5O2. The number of nitrogens with zero attached hydrogens (tertiary/aromatic N) is 5. The van der Waals surface area contributed by atoms with Crippen molar-refractivity contribution in [2.75, 3.05) is 44.2 Å². The quantitative estimate of drug-likeness (QED) is 0.666. The van der Waals surface area contributed by atoms with Gasteiger partial charge in [0.2, 0.25) is 11.8 Å². The van der Waals surface area contributed by atoms with Gasteiger partial charge in [-0.1, -0.05) is 18.2 Å². The maximum absolute atomic E-state index is 12.8. The van der Waals surface area contributed by atoms with Crippen molar-refractivity contribution < 1.29 is 9.59 Å². The van der Waals surface area contributed by atoms with Crippen LogP contribution in [0.3, 0.4) is 0 Å². The third-order valence-electron chi connectivity index (χ3n) is 6.06. The van der Waals surface area contributed by atoms with Crippen molar-refractivity contribution in [1.82, 2.24) is 9.80 Å². The van der Waals surface area contributed by atoms with E-state index >= 15 is 0 Å². The maximum Gasteiger partial charge on any atom is 0.241 e. The fraction of sp³-hybridized carbons (Fsp3) is 0.545. The van der Waals surface area contributed by atoms with Crippen LogP contribution in [0.25, 0.3) is 0 Å². The van der Waals surface area contributed by atoms with Crippen molar-refractivity contribution in [3.8, 4) is 12.3 Å². The molecule has 3 aliphatic rings. The van der Waals surface area contributed by atoms with Gasteiger partial charge in [0.15, 0.2) is 5.66 Å². The molecule has 0 bridgehead atoms. The van der Waals surface area contributed by atoms with Gasteiger partial charge in [-0.2, -0.15) is 10.2 Å². The van der Waals surface area contributed by atoms with E-state index in [-0.39, 0.29) is 11.8 Å². The summed E-state index contributed by atoms with van der Waals surface area (Å²) in [4.78, 5) is 31.2. The van der Waals surface area contributed by atoms with E-state index in [0.29, 0.717) is 38.9 Å². The van der Waals surface area contributed by atoms with Gasteiger partial charge >= 0.3 is 0 Å². The van der Waals surface area contributed by atoms with Crippen LogP contribution in [-0.4, -0.2) is 66.5 Å². The topological polar surface area (TPSA) is 68.6 Å². The van der Waals surface area contributed by atoms with Gasteiger partial charge in [-0.05, 0) is 18.1 Å². The van der Waals surface area contributed by atoms with Crippen LogP contribution < -0.4 is 4.90 Å². The van der Waals surface area contributed by atoms with Crippen molar-refractivity contribution >= 4 is 17.5 Å². The van der Waals surface area contributed by atoms with Crippen molar-refractivity contribution in [3.05, 3.63) is 29.8 Å². The van der Waals surface area contributed by atoms with Gasteiger partial charge in [0.1, 0.15) is 0 Å². The predicted octanol–water partition coefficient (Wildman–Crippen LogP) is 2.08. The standard InChI is InChI=1S/C22H27N5O2/c1-2-3-10-22(23-24-22)11-8-20(28)26-15-13-25(14-16-26)17-21(29)27-12-9-18-6-4-5-7-19(18)27/h1,4-7H,3,8-17H2. The van der Waals surface area contributed by atoms with Crippen molar-refractivity contribution in [2.24, 2.45) is 10.2 Å². The molecule has 0 saturated carbocycles. The lowest BCUT2D eigenvalue weighted by atomic mass is 10.0. The van der Waals surface area contributed by atoms with Crippen LogP contribution in [0, 0.1) is 12.3 Å². The summed E-state index contributed by atoms with van der Waals surface area (Å²) in [6.07, 6.45) is 8.68. The molecule has 7 heteroatoms. The number of benzene rings is 1. The second kappa shape index (κ2) is 8.34. The molecule has 3 aliphatic heterocycles. The molecule has 0 aliphatic carbocycles. The van der Waals surface area contributed by atoms with E-state index in [1.165, 1.54) is 5.56 Å². The number of para-hydroxylation sites is 1. The number of piperazine rings is 1. The zero-order chi connectivity index (χ0) is 20.3. The molecule has 1 aromatic rings. The third-order valence-corrected chi connectivity index (χ3v) is 6.06. The molecule has 0 spiro atoms. The summed E-state index contributed by atoms with van der Waals surface area (Å²) in [5.41, 5.74) is 1.88. The van der Waals surface area contributed by atoms with E-state index in [2.05, 4.69) is 27.1 Å². The minimum atomic E-state index is -0.401. The van der Waals surface area contributed by atoms with Gasteiger partial charge in [0, 0.05) is 64.1 Å². The Morgan fingerprint density at radius 1 is 1.03 bits per heavy atom. The first kappa shape index (κ1) is 19.6. The molecule has 0 unspecified atom stereocenters. The zero-order valence-corrected chi connectivity index (χ0v) is 16.7. The van der Waals surface area contributed by atoms with Crippen LogP contribution in [0.4, 0.5) is 5.69 Å². The monoisotopic (exact) mass is 393 g/mol. The summed E-state index contributed by atoms with van der Waals surface area (Å²) in [6.45, 7) is 3.94. The van der Waals surface area contributed by atoms with Crippen LogP contribution in [0.15, 0.2) is 34.5 Å². The molecule has 4 rings (SSSR count). The van der Waals surface area contributed by atoms with Crippen LogP contribution in [0.2, 0.25) is 0 Å². The molecule has 1 aromatic carbocycles. The second-order valence-electron chi connectivity index (χ2n) is 7.97. The van der Waals surface area contributed by atoms with E-state index in [0.717, 1.165) is 38.2 Å². The van der Waals surface area contributed by atoms with Gasteiger partial charge in [-0.25, -0.2) is 0 Å². The summed E-state index contributed by atoms with van der Waals surface area (Å²) in [5, 5.41) is 8.19. The SMILES string of the molecule is C#CCCC1(CCC(=O)N2CCN(CC(=O)N3CCc4ccccc43)CC2)N=N1. The average Bonchev–Trinajstić information content (AvgIpc) is 3.39. The fourth-order valence-electron chi connectivity index (χ4n) is 4.16. The maximum atomic E-state index is 12.8. The lowest BCUT2D eigenvalue weighted by Crippen LogP contribution is -2.51. The largest absolute Gasteiger partial charge is 0.340 e. The molecule has 0 aromatic heterocycles. The highest BCUT2D eigenvalue weighted by atomic mass is 16.2. The molecule has 0 N–H and O–H groups in total. The zero-order valence-electron chi connectivity index (χ0n) is 16.7. The molecule has 1 fully saturated rings. The molecule has 29 heavy (non-hydrogen) atoms. The van der Waals surface area contributed by atoms with Gasteiger partial charge in [-0.3, -0.25) is 14.5 Å². The average molecular weight is 393 g/mol. The highest BCUT2D eigenvalue weighted by Gasteiger charge is 2.39. The number of hydrogen-bond acceptors (Lipinski definition) is 5. The number of fused-ring (bicyclic) bond motifs is 1. The molecule has 0 radical (unpaired) electrons. The van der Waals surface area contributed by atoms with Gasteiger partial charge < -0.3 is 9.80 Å². The van der Waals surface area contributed by atoms with Gasteiger partial charge in [0.05, 0.1) is 6.54 Å². The Bertz CT molecular complexity index is 845. The Kier molecular flexibility index (Phi) is 5.63. The Morgan fingerprint density at radius 2 is 1.79 bits per heavy atom. The van der Waals surface area contributed by atoms with E-state index in [1.54, 1.807) is 0 Å². The Balaban J connectivity index is 1.20. The predicted molar refractivity (Wildman–Crippen MR) is 110 cm³/mol. The summed E-state index contributed by atoms with van der Waals surface area (Å²) < 4.78 is 0. The molecule has 1 saturated heterocycles. The lowest BCUT2D eigenvalue weighted by Gasteiger charge is -2.35. The summed E-state index contributed by atoms with van der Waals surface area (Å²) in [6, 6.07) is 8.11. The lowest BCUT2D eigenvalue weighted by molar-refractivity contribution is -0.133. The molecule has 0 atom stereocenters. The van der Waals surface area contributed by atoms with E-state index in [4.69, 9.17) is 6.42 Å². The number of anilines is 1. The van der Waals surface area contributed by atoms with E-state index in [1.807, 2.05) is 28.0 Å². The van der Waals surface area contributed by atoms with E-state index < -0.39 is 5.66 Å². The van der Waals surface area contributed by atoms with Crippen molar-refractivity contribution in [3.63, 3.8) is 0 Å². The number of carbonyl (C=O) groups is 2. The van der Waals surface area contributed by atoms with Crippen LogP contribution >= 0.6 is 0 Å². The summed E-state index contributed by atoms with van der Waals surface area (Å²) in [7, 11) is 0. The first-order chi connectivity index (χ1) is 14.1.